The van der Waals surface area contributed by atoms with E-state index >= 15 is 0 Å². The van der Waals surface area contributed by atoms with E-state index in [2.05, 4.69) is 26.3 Å². The third-order valence-corrected chi connectivity index (χ3v) is 3.23. The normalized spacial score (nSPS) is 11.3. The highest BCUT2D eigenvalue weighted by Crippen LogP contribution is 2.29. The van der Waals surface area contributed by atoms with Crippen LogP contribution in [0.4, 0.5) is 24.7 Å². The number of amides is 1. The second-order valence-electron chi connectivity index (χ2n) is 4.38. The molecule has 1 aromatic heterocycles. The molecule has 0 bridgehead atoms. The van der Waals surface area contributed by atoms with Gasteiger partial charge in [-0.3, -0.25) is 4.79 Å². The summed E-state index contributed by atoms with van der Waals surface area (Å²) >= 11 is 2.94. The molecule has 2 aromatic rings. The van der Waals surface area contributed by atoms with Crippen LogP contribution in [0.5, 0.6) is 0 Å². The summed E-state index contributed by atoms with van der Waals surface area (Å²) in [5.41, 5.74) is -0.661. The van der Waals surface area contributed by atoms with Crippen LogP contribution < -0.4 is 5.32 Å². The van der Waals surface area contributed by atoms with Crippen molar-refractivity contribution in [3.8, 4) is 0 Å². The van der Waals surface area contributed by atoms with Gasteiger partial charge in [0, 0.05) is 5.69 Å². The molecular weight excluding hydrogens is 385 g/mol. The Morgan fingerprint density at radius 1 is 1.35 bits per heavy atom. The van der Waals surface area contributed by atoms with Crippen LogP contribution in [0.2, 0.25) is 0 Å². The third kappa shape index (κ3) is 4.28. The molecule has 1 heterocycles. The second-order valence-corrected chi connectivity index (χ2v) is 5.23. The number of halogens is 4. The highest BCUT2D eigenvalue weighted by molar-refractivity contribution is 9.10. The monoisotopic (exact) mass is 392 g/mol. The van der Waals surface area contributed by atoms with Crippen molar-refractivity contribution in [1.82, 2.24) is 9.78 Å². The summed E-state index contributed by atoms with van der Waals surface area (Å²) in [6.07, 6.45) is -3.20. The molecule has 0 unspecified atom stereocenters. The maximum atomic E-state index is 12.4. The SMILES string of the molecule is O=C(Cn1cc(Br)c([N+](=O)[O-])n1)Nc1ccc(C(F)(F)F)cc1. The molecule has 0 aliphatic rings. The fourth-order valence-corrected chi connectivity index (χ4v) is 2.14. The van der Waals surface area contributed by atoms with E-state index in [0.717, 1.165) is 28.9 Å². The molecule has 23 heavy (non-hydrogen) atoms. The van der Waals surface area contributed by atoms with Crippen LogP contribution in [-0.4, -0.2) is 20.6 Å². The van der Waals surface area contributed by atoms with E-state index in [1.165, 1.54) is 6.20 Å². The summed E-state index contributed by atoms with van der Waals surface area (Å²) in [6.45, 7) is -0.326. The van der Waals surface area contributed by atoms with Gasteiger partial charge in [-0.1, -0.05) is 0 Å². The van der Waals surface area contributed by atoms with E-state index in [-0.39, 0.29) is 16.7 Å². The number of anilines is 1. The number of hydrogen-bond donors (Lipinski definition) is 1. The van der Waals surface area contributed by atoms with Gasteiger partial charge in [0.25, 0.3) is 0 Å². The van der Waals surface area contributed by atoms with Gasteiger partial charge in [0.1, 0.15) is 11.0 Å². The largest absolute Gasteiger partial charge is 0.416 e. The summed E-state index contributed by atoms with van der Waals surface area (Å²) in [5, 5.41) is 16.6. The molecule has 1 aromatic carbocycles. The molecule has 0 saturated carbocycles. The van der Waals surface area contributed by atoms with E-state index in [4.69, 9.17) is 0 Å². The van der Waals surface area contributed by atoms with E-state index in [0.29, 0.717) is 0 Å². The predicted molar refractivity (Wildman–Crippen MR) is 76.7 cm³/mol. The quantitative estimate of drug-likeness (QED) is 0.638. The van der Waals surface area contributed by atoms with Crippen molar-refractivity contribution in [2.45, 2.75) is 12.7 Å². The lowest BCUT2D eigenvalue weighted by atomic mass is 10.2. The highest BCUT2D eigenvalue weighted by atomic mass is 79.9. The predicted octanol–water partition coefficient (Wildman–Crippen LogP) is 3.21. The van der Waals surface area contributed by atoms with Gasteiger partial charge in [-0.05, 0) is 45.1 Å². The number of nitro groups is 1. The molecule has 0 saturated heterocycles. The average molecular weight is 393 g/mol. The van der Waals surface area contributed by atoms with Crippen LogP contribution >= 0.6 is 15.9 Å². The van der Waals surface area contributed by atoms with Crippen molar-refractivity contribution in [3.05, 3.63) is 50.6 Å². The Morgan fingerprint density at radius 2 is 1.96 bits per heavy atom. The van der Waals surface area contributed by atoms with Crippen molar-refractivity contribution >= 4 is 33.3 Å². The number of hydrogen-bond acceptors (Lipinski definition) is 4. The minimum atomic E-state index is -4.46. The Labute approximate surface area is 135 Å². The zero-order chi connectivity index (χ0) is 17.2. The van der Waals surface area contributed by atoms with Gasteiger partial charge < -0.3 is 15.4 Å². The molecular formula is C12H8BrF3N4O3. The standard InChI is InChI=1S/C12H8BrF3N4O3/c13-9-5-19(18-11(9)20(22)23)6-10(21)17-8-3-1-7(2-4-8)12(14,15)16/h1-5H,6H2,(H,17,21). The Bertz CT molecular complexity index is 743. The van der Waals surface area contributed by atoms with Gasteiger partial charge in [-0.15, -0.1) is 0 Å². The van der Waals surface area contributed by atoms with Crippen LogP contribution in [0, 0.1) is 10.1 Å². The molecule has 0 spiro atoms. The van der Waals surface area contributed by atoms with Crippen LogP contribution in [0.25, 0.3) is 0 Å². The number of rotatable bonds is 4. The summed E-state index contributed by atoms with van der Waals surface area (Å²) < 4.78 is 38.4. The highest BCUT2D eigenvalue weighted by Gasteiger charge is 2.30. The van der Waals surface area contributed by atoms with Crippen LogP contribution in [-0.2, 0) is 17.5 Å². The molecule has 11 heteroatoms. The molecule has 0 radical (unpaired) electrons. The van der Waals surface area contributed by atoms with Gasteiger partial charge in [0.05, 0.1) is 16.9 Å². The number of aromatic nitrogens is 2. The number of benzene rings is 1. The topological polar surface area (TPSA) is 90.1 Å². The first-order valence-corrected chi connectivity index (χ1v) is 6.80. The molecule has 0 fully saturated rings. The molecule has 1 amide bonds. The maximum absolute atomic E-state index is 12.4. The average Bonchev–Trinajstić information content (AvgIpc) is 2.79. The van der Waals surface area contributed by atoms with Crippen LogP contribution in [0.3, 0.4) is 0 Å². The Balaban J connectivity index is 2.02. The Hall–Kier alpha value is -2.43. The van der Waals surface area contributed by atoms with Gasteiger partial charge >= 0.3 is 12.0 Å². The van der Waals surface area contributed by atoms with E-state index in [9.17, 15) is 28.1 Å². The Morgan fingerprint density at radius 3 is 2.43 bits per heavy atom. The summed E-state index contributed by atoms with van der Waals surface area (Å²) in [6, 6.07) is 3.90. The minimum Gasteiger partial charge on any atom is -0.358 e. The maximum Gasteiger partial charge on any atom is 0.416 e. The minimum absolute atomic E-state index is 0.116. The zero-order valence-corrected chi connectivity index (χ0v) is 12.8. The Kier molecular flexibility index (Phi) is 4.68. The van der Waals surface area contributed by atoms with Crippen molar-refractivity contribution < 1.29 is 22.9 Å². The van der Waals surface area contributed by atoms with Crippen molar-refractivity contribution in [3.63, 3.8) is 0 Å². The summed E-state index contributed by atoms with van der Waals surface area (Å²) in [4.78, 5) is 21.7. The lowest BCUT2D eigenvalue weighted by molar-refractivity contribution is -0.390. The van der Waals surface area contributed by atoms with Crippen LogP contribution in [0.15, 0.2) is 34.9 Å². The smallest absolute Gasteiger partial charge is 0.358 e. The molecule has 0 aliphatic heterocycles. The molecule has 1 N–H and O–H groups in total. The lowest BCUT2D eigenvalue weighted by Gasteiger charge is -2.08. The van der Waals surface area contributed by atoms with Gasteiger partial charge in [0.15, 0.2) is 0 Å². The van der Waals surface area contributed by atoms with Crippen molar-refractivity contribution in [2.75, 3.05) is 5.32 Å². The molecule has 2 rings (SSSR count). The number of nitrogens with one attached hydrogen (secondary N) is 1. The van der Waals surface area contributed by atoms with Gasteiger partial charge in [0.2, 0.25) is 5.91 Å². The second kappa shape index (κ2) is 6.36. The van der Waals surface area contributed by atoms with Crippen LogP contribution in [0.1, 0.15) is 5.56 Å². The van der Waals surface area contributed by atoms with Gasteiger partial charge in [-0.25, -0.2) is 0 Å². The number of nitrogens with zero attached hydrogens (tertiary/aromatic N) is 3. The fourth-order valence-electron chi connectivity index (χ4n) is 1.68. The van der Waals surface area contributed by atoms with E-state index in [1.54, 1.807) is 0 Å². The third-order valence-electron chi connectivity index (χ3n) is 2.67. The van der Waals surface area contributed by atoms with Crippen molar-refractivity contribution in [2.24, 2.45) is 0 Å². The molecule has 0 aliphatic carbocycles. The first-order valence-electron chi connectivity index (χ1n) is 6.01. The first-order chi connectivity index (χ1) is 10.7. The van der Waals surface area contributed by atoms with Gasteiger partial charge in [-0.2, -0.15) is 17.9 Å². The molecule has 122 valence electrons. The summed E-state index contributed by atoms with van der Waals surface area (Å²) in [7, 11) is 0. The zero-order valence-electron chi connectivity index (χ0n) is 11.2. The first kappa shape index (κ1) is 16.9. The van der Waals surface area contributed by atoms with E-state index in [1.807, 2.05) is 0 Å². The summed E-state index contributed by atoms with van der Waals surface area (Å²) in [5.74, 6) is -1.03. The molecule has 0 atom stereocenters. The lowest BCUT2D eigenvalue weighted by Crippen LogP contribution is -2.19. The number of carbonyl (C=O) groups is 1. The fraction of sp³-hybridized carbons (Fsp3) is 0.167. The molecule has 7 nitrogen and oxygen atoms in total. The van der Waals surface area contributed by atoms with Crippen molar-refractivity contribution in [1.29, 1.82) is 0 Å². The van der Waals surface area contributed by atoms with E-state index < -0.39 is 28.4 Å². The number of alkyl halides is 3. The number of carbonyl (C=O) groups excluding carboxylic acids is 1.